The van der Waals surface area contributed by atoms with E-state index in [4.69, 9.17) is 4.74 Å². The van der Waals surface area contributed by atoms with Crippen LogP contribution in [0.2, 0.25) is 0 Å². The number of rotatable bonds is 4. The van der Waals surface area contributed by atoms with Crippen LogP contribution < -0.4 is 4.74 Å². The Bertz CT molecular complexity index is 381. The number of hydrogen-bond acceptors (Lipinski definition) is 3. The fourth-order valence-corrected chi connectivity index (χ4v) is 2.91. The number of piperidine rings is 1. The van der Waals surface area contributed by atoms with Crippen molar-refractivity contribution in [2.45, 2.75) is 25.8 Å². The van der Waals surface area contributed by atoms with E-state index in [2.05, 4.69) is 24.0 Å². The van der Waals surface area contributed by atoms with Crippen LogP contribution in [0.5, 0.6) is 5.75 Å². The van der Waals surface area contributed by atoms with Crippen LogP contribution in [0.15, 0.2) is 24.3 Å². The Labute approximate surface area is 109 Å². The van der Waals surface area contributed by atoms with Gasteiger partial charge < -0.3 is 9.84 Å². The van der Waals surface area contributed by atoms with Gasteiger partial charge in [0.15, 0.2) is 0 Å². The maximum atomic E-state index is 9.22. The van der Waals surface area contributed by atoms with Crippen molar-refractivity contribution in [1.82, 2.24) is 4.90 Å². The predicted octanol–water partition coefficient (Wildman–Crippen LogP) is 2.46. The molecule has 1 aliphatic heterocycles. The monoisotopic (exact) mass is 249 g/mol. The van der Waals surface area contributed by atoms with Crippen molar-refractivity contribution in [2.24, 2.45) is 5.92 Å². The smallest absolute Gasteiger partial charge is 0.123 e. The molecule has 18 heavy (non-hydrogen) atoms. The largest absolute Gasteiger partial charge is 0.496 e. The minimum Gasteiger partial charge on any atom is -0.496 e. The summed E-state index contributed by atoms with van der Waals surface area (Å²) in [6.07, 6.45) is 2.38. The predicted molar refractivity (Wildman–Crippen MR) is 72.8 cm³/mol. The van der Waals surface area contributed by atoms with Gasteiger partial charge in [-0.15, -0.1) is 0 Å². The van der Waals surface area contributed by atoms with Gasteiger partial charge in [-0.2, -0.15) is 0 Å². The zero-order chi connectivity index (χ0) is 13.0. The molecule has 0 saturated carbocycles. The van der Waals surface area contributed by atoms with Crippen LogP contribution in [0, 0.1) is 5.92 Å². The molecule has 1 saturated heterocycles. The topological polar surface area (TPSA) is 32.7 Å². The number of nitrogens with zero attached hydrogens (tertiary/aromatic N) is 1. The molecule has 1 aromatic rings. The molecule has 0 radical (unpaired) electrons. The highest BCUT2D eigenvalue weighted by atomic mass is 16.5. The third kappa shape index (κ3) is 2.85. The molecule has 0 aliphatic carbocycles. The molecule has 2 atom stereocenters. The van der Waals surface area contributed by atoms with Gasteiger partial charge in [-0.25, -0.2) is 0 Å². The van der Waals surface area contributed by atoms with Crippen LogP contribution in [0.4, 0.5) is 0 Å². The Balaban J connectivity index is 2.23. The van der Waals surface area contributed by atoms with Gasteiger partial charge in [0.1, 0.15) is 5.75 Å². The van der Waals surface area contributed by atoms with E-state index < -0.39 is 0 Å². The van der Waals surface area contributed by atoms with Crippen LogP contribution >= 0.6 is 0 Å². The summed E-state index contributed by atoms with van der Waals surface area (Å²) in [5, 5.41) is 9.22. The lowest BCUT2D eigenvalue weighted by Gasteiger charge is -2.39. The fourth-order valence-electron chi connectivity index (χ4n) is 2.91. The van der Waals surface area contributed by atoms with Crippen molar-refractivity contribution in [3.05, 3.63) is 29.8 Å². The summed E-state index contributed by atoms with van der Waals surface area (Å²) in [7, 11) is 1.72. The quantitative estimate of drug-likeness (QED) is 0.889. The summed E-state index contributed by atoms with van der Waals surface area (Å²) >= 11 is 0. The number of hydrogen-bond donors (Lipinski definition) is 1. The van der Waals surface area contributed by atoms with Gasteiger partial charge in [0.25, 0.3) is 0 Å². The second kappa shape index (κ2) is 6.21. The number of aliphatic hydroxyl groups is 1. The standard InChI is InChI=1S/C15H23NO2/c1-12-7-8-14(16(11-12)9-10-17)13-5-3-4-6-15(13)18-2/h3-6,12,14,17H,7-11H2,1-2H3/t12-,14-/m0/s1. The molecule has 0 bridgehead atoms. The average Bonchev–Trinajstić information content (AvgIpc) is 2.39. The first-order valence-electron chi connectivity index (χ1n) is 6.74. The molecule has 3 nitrogen and oxygen atoms in total. The average molecular weight is 249 g/mol. The first kappa shape index (κ1) is 13.4. The molecule has 100 valence electrons. The molecule has 1 heterocycles. The molecular weight excluding hydrogens is 226 g/mol. The van der Waals surface area contributed by atoms with Gasteiger partial charge in [0.05, 0.1) is 13.7 Å². The van der Waals surface area contributed by atoms with Crippen molar-refractivity contribution in [3.8, 4) is 5.75 Å². The molecule has 1 aromatic carbocycles. The van der Waals surface area contributed by atoms with Gasteiger partial charge in [0, 0.05) is 24.7 Å². The van der Waals surface area contributed by atoms with Gasteiger partial charge in [-0.3, -0.25) is 4.90 Å². The maximum absolute atomic E-state index is 9.22. The third-order valence-corrected chi connectivity index (χ3v) is 3.80. The van der Waals surface area contributed by atoms with E-state index in [1.54, 1.807) is 7.11 Å². The van der Waals surface area contributed by atoms with Gasteiger partial charge >= 0.3 is 0 Å². The summed E-state index contributed by atoms with van der Waals surface area (Å²) in [6.45, 7) is 4.30. The summed E-state index contributed by atoms with van der Waals surface area (Å²) in [4.78, 5) is 2.38. The number of ether oxygens (including phenoxy) is 1. The van der Waals surface area contributed by atoms with Crippen molar-refractivity contribution in [1.29, 1.82) is 0 Å². The highest BCUT2D eigenvalue weighted by molar-refractivity contribution is 5.36. The Morgan fingerprint density at radius 3 is 2.83 bits per heavy atom. The van der Waals surface area contributed by atoms with E-state index in [0.717, 1.165) is 25.3 Å². The van der Waals surface area contributed by atoms with Crippen LogP contribution in [0.1, 0.15) is 31.4 Å². The number of para-hydroxylation sites is 1. The summed E-state index contributed by atoms with van der Waals surface area (Å²) in [5.74, 6) is 1.67. The summed E-state index contributed by atoms with van der Waals surface area (Å²) < 4.78 is 5.46. The molecule has 1 aliphatic rings. The molecule has 2 rings (SSSR count). The van der Waals surface area contributed by atoms with E-state index in [9.17, 15) is 5.11 Å². The number of methoxy groups -OCH3 is 1. The zero-order valence-corrected chi connectivity index (χ0v) is 11.3. The van der Waals surface area contributed by atoms with Gasteiger partial charge in [-0.05, 0) is 24.8 Å². The zero-order valence-electron chi connectivity index (χ0n) is 11.3. The maximum Gasteiger partial charge on any atom is 0.123 e. The van der Waals surface area contributed by atoms with Crippen LogP contribution in [0.3, 0.4) is 0 Å². The summed E-state index contributed by atoms with van der Waals surface area (Å²) in [6, 6.07) is 8.61. The van der Waals surface area contributed by atoms with Crippen LogP contribution in [-0.2, 0) is 0 Å². The fraction of sp³-hybridized carbons (Fsp3) is 0.600. The lowest BCUT2D eigenvalue weighted by atomic mass is 9.89. The van der Waals surface area contributed by atoms with E-state index in [1.807, 2.05) is 12.1 Å². The number of β-amino-alcohol motifs (C(OH)–C–C–N with tert-alkyl or cyclic N) is 1. The Morgan fingerprint density at radius 1 is 1.33 bits per heavy atom. The van der Waals surface area contributed by atoms with E-state index in [1.165, 1.54) is 12.0 Å². The number of aliphatic hydroxyl groups excluding tert-OH is 1. The van der Waals surface area contributed by atoms with Crippen molar-refractivity contribution in [3.63, 3.8) is 0 Å². The van der Waals surface area contributed by atoms with Crippen molar-refractivity contribution < 1.29 is 9.84 Å². The first-order chi connectivity index (χ1) is 8.76. The third-order valence-electron chi connectivity index (χ3n) is 3.80. The molecule has 0 aromatic heterocycles. The van der Waals surface area contributed by atoms with Crippen LogP contribution in [0.25, 0.3) is 0 Å². The summed E-state index contributed by atoms with van der Waals surface area (Å²) in [5.41, 5.74) is 1.25. The van der Waals surface area contributed by atoms with Crippen LogP contribution in [-0.4, -0.2) is 36.8 Å². The van der Waals surface area contributed by atoms with Crippen molar-refractivity contribution in [2.75, 3.05) is 26.8 Å². The lowest BCUT2D eigenvalue weighted by Crippen LogP contribution is -2.39. The Kier molecular flexibility index (Phi) is 4.61. The molecule has 1 fully saturated rings. The highest BCUT2D eigenvalue weighted by Crippen LogP contribution is 2.37. The Hall–Kier alpha value is -1.06. The minimum absolute atomic E-state index is 0.221. The molecule has 1 N–H and O–H groups in total. The SMILES string of the molecule is COc1ccccc1[C@@H]1CC[C@H](C)CN1CCO. The van der Waals surface area contributed by atoms with Crippen molar-refractivity contribution >= 4 is 0 Å². The number of likely N-dealkylation sites (tertiary alicyclic amines) is 1. The lowest BCUT2D eigenvalue weighted by molar-refractivity contribution is 0.0889. The second-order valence-electron chi connectivity index (χ2n) is 5.16. The van der Waals surface area contributed by atoms with Gasteiger partial charge in [0.2, 0.25) is 0 Å². The highest BCUT2D eigenvalue weighted by Gasteiger charge is 2.28. The first-order valence-corrected chi connectivity index (χ1v) is 6.74. The minimum atomic E-state index is 0.221. The second-order valence-corrected chi connectivity index (χ2v) is 5.16. The van der Waals surface area contributed by atoms with E-state index in [-0.39, 0.29) is 6.61 Å². The molecular formula is C15H23NO2. The van der Waals surface area contributed by atoms with E-state index >= 15 is 0 Å². The number of benzene rings is 1. The molecule has 0 amide bonds. The Morgan fingerprint density at radius 2 is 2.11 bits per heavy atom. The van der Waals surface area contributed by atoms with Gasteiger partial charge in [-0.1, -0.05) is 25.1 Å². The molecule has 3 heteroatoms. The molecule has 0 spiro atoms. The van der Waals surface area contributed by atoms with E-state index in [0.29, 0.717) is 12.0 Å². The normalized spacial score (nSPS) is 25.1. The molecule has 0 unspecified atom stereocenters.